The first kappa shape index (κ1) is 22.0. The molecule has 1 aliphatic heterocycles. The molecule has 2 heterocycles. The van der Waals surface area contributed by atoms with Gasteiger partial charge in [-0.05, 0) is 38.1 Å². The van der Waals surface area contributed by atoms with Gasteiger partial charge in [0.1, 0.15) is 5.75 Å². The second-order valence-corrected chi connectivity index (χ2v) is 8.15. The van der Waals surface area contributed by atoms with Crippen LogP contribution in [0.2, 0.25) is 0 Å². The summed E-state index contributed by atoms with van der Waals surface area (Å²) in [5.41, 5.74) is 0.669. The highest BCUT2D eigenvalue weighted by atomic mass is 32.2. The third-order valence-corrected chi connectivity index (χ3v) is 5.81. The second kappa shape index (κ2) is 10.4. The molecule has 3 aromatic rings. The molecule has 1 unspecified atom stereocenters. The lowest BCUT2D eigenvalue weighted by atomic mass is 10.2. The molecular formula is C23H26N4O4S. The molecular weight excluding hydrogens is 428 g/mol. The number of carbonyl (C=O) groups excluding carboxylic acids is 1. The Balaban J connectivity index is 1.36. The molecule has 2 aromatic carbocycles. The van der Waals surface area contributed by atoms with E-state index in [2.05, 4.69) is 15.5 Å². The number of benzene rings is 2. The fraction of sp³-hybridized carbons (Fsp3) is 0.348. The van der Waals surface area contributed by atoms with Crippen molar-refractivity contribution in [2.45, 2.75) is 38.1 Å². The molecule has 9 heteroatoms. The Morgan fingerprint density at radius 1 is 1.16 bits per heavy atom. The highest BCUT2D eigenvalue weighted by molar-refractivity contribution is 7.99. The van der Waals surface area contributed by atoms with Gasteiger partial charge in [0.15, 0.2) is 28.6 Å². The maximum atomic E-state index is 12.5. The van der Waals surface area contributed by atoms with Gasteiger partial charge in [-0.2, -0.15) is 0 Å². The van der Waals surface area contributed by atoms with Crippen LogP contribution in [-0.4, -0.2) is 39.6 Å². The molecule has 168 valence electrons. The quantitative estimate of drug-likeness (QED) is 0.507. The molecule has 0 saturated carbocycles. The normalized spacial score (nSPS) is 13.8. The minimum atomic E-state index is -0.269. The lowest BCUT2D eigenvalue weighted by molar-refractivity contribution is -0.113. The van der Waals surface area contributed by atoms with Gasteiger partial charge in [0.2, 0.25) is 5.91 Å². The summed E-state index contributed by atoms with van der Waals surface area (Å²) in [4.78, 5) is 12.5. The summed E-state index contributed by atoms with van der Waals surface area (Å²) < 4.78 is 19.3. The Bertz CT molecular complexity index is 1060. The SMILES string of the molecule is CCn1c(SCC(=O)Nc2ccc3c(c2)OCCCO3)nnc1C(C)Oc1ccccc1. The maximum Gasteiger partial charge on any atom is 0.234 e. The zero-order valence-electron chi connectivity index (χ0n) is 18.1. The number of hydrogen-bond acceptors (Lipinski definition) is 7. The van der Waals surface area contributed by atoms with Gasteiger partial charge in [-0.15, -0.1) is 10.2 Å². The van der Waals surface area contributed by atoms with Gasteiger partial charge >= 0.3 is 0 Å². The van der Waals surface area contributed by atoms with Crippen molar-refractivity contribution in [2.24, 2.45) is 0 Å². The summed E-state index contributed by atoms with van der Waals surface area (Å²) in [5.74, 6) is 2.92. The summed E-state index contributed by atoms with van der Waals surface area (Å²) in [6, 6.07) is 15.0. The number of para-hydroxylation sites is 1. The highest BCUT2D eigenvalue weighted by Gasteiger charge is 2.20. The average molecular weight is 455 g/mol. The summed E-state index contributed by atoms with van der Waals surface area (Å²) in [7, 11) is 0. The summed E-state index contributed by atoms with van der Waals surface area (Å²) >= 11 is 1.34. The van der Waals surface area contributed by atoms with E-state index in [9.17, 15) is 4.79 Å². The molecule has 0 spiro atoms. The fourth-order valence-electron chi connectivity index (χ4n) is 3.33. The van der Waals surface area contributed by atoms with Crippen LogP contribution in [0.25, 0.3) is 0 Å². The van der Waals surface area contributed by atoms with E-state index in [4.69, 9.17) is 14.2 Å². The predicted molar refractivity (Wildman–Crippen MR) is 123 cm³/mol. The van der Waals surface area contributed by atoms with E-state index in [-0.39, 0.29) is 17.8 Å². The van der Waals surface area contributed by atoms with Crippen molar-refractivity contribution in [1.82, 2.24) is 14.8 Å². The minimum absolute atomic E-state index is 0.134. The van der Waals surface area contributed by atoms with Gasteiger partial charge in [-0.3, -0.25) is 4.79 Å². The van der Waals surface area contributed by atoms with Crippen LogP contribution in [0.4, 0.5) is 5.69 Å². The molecule has 1 amide bonds. The van der Waals surface area contributed by atoms with Crippen LogP contribution in [0.5, 0.6) is 17.2 Å². The van der Waals surface area contributed by atoms with Crippen molar-refractivity contribution >= 4 is 23.4 Å². The monoisotopic (exact) mass is 454 g/mol. The Hall–Kier alpha value is -3.20. The zero-order valence-corrected chi connectivity index (χ0v) is 18.9. The summed E-state index contributed by atoms with van der Waals surface area (Å²) in [6.07, 6.45) is 0.567. The van der Waals surface area contributed by atoms with Crippen molar-refractivity contribution in [3.8, 4) is 17.2 Å². The molecule has 1 aromatic heterocycles. The molecule has 0 saturated heterocycles. The highest BCUT2D eigenvalue weighted by Crippen LogP contribution is 2.32. The number of hydrogen-bond donors (Lipinski definition) is 1. The number of fused-ring (bicyclic) bond motifs is 1. The molecule has 8 nitrogen and oxygen atoms in total. The van der Waals surface area contributed by atoms with Crippen LogP contribution in [0.15, 0.2) is 53.7 Å². The van der Waals surface area contributed by atoms with E-state index in [0.717, 1.165) is 18.0 Å². The van der Waals surface area contributed by atoms with Gasteiger partial charge in [-0.1, -0.05) is 30.0 Å². The van der Waals surface area contributed by atoms with Crippen molar-refractivity contribution in [1.29, 1.82) is 0 Å². The molecule has 32 heavy (non-hydrogen) atoms. The number of carbonyl (C=O) groups is 1. The van der Waals surface area contributed by atoms with Crippen molar-refractivity contribution in [2.75, 3.05) is 24.3 Å². The third kappa shape index (κ3) is 5.34. The van der Waals surface area contributed by atoms with Gasteiger partial charge in [0.05, 0.1) is 19.0 Å². The Morgan fingerprint density at radius 2 is 1.94 bits per heavy atom. The molecule has 0 radical (unpaired) electrons. The average Bonchev–Trinajstić information content (AvgIpc) is 3.08. The van der Waals surface area contributed by atoms with Crippen molar-refractivity contribution in [3.05, 3.63) is 54.4 Å². The number of aromatic nitrogens is 3. The van der Waals surface area contributed by atoms with E-state index < -0.39 is 0 Å². The van der Waals surface area contributed by atoms with Crippen LogP contribution < -0.4 is 19.5 Å². The summed E-state index contributed by atoms with van der Waals surface area (Å²) in [5, 5.41) is 12.2. The number of amides is 1. The van der Waals surface area contributed by atoms with Crippen LogP contribution in [-0.2, 0) is 11.3 Å². The lowest BCUT2D eigenvalue weighted by Gasteiger charge is -2.15. The third-order valence-electron chi connectivity index (χ3n) is 4.84. The predicted octanol–water partition coefficient (Wildman–Crippen LogP) is 4.33. The standard InChI is InChI=1S/C23H26N4O4S/c1-3-27-22(16(2)31-18-8-5-4-6-9-18)25-26-23(27)32-15-21(28)24-17-10-11-19-20(14-17)30-13-7-12-29-19/h4-6,8-11,14,16H,3,7,12-13,15H2,1-2H3,(H,24,28). The van der Waals surface area contributed by atoms with Crippen molar-refractivity contribution < 1.29 is 19.0 Å². The minimum Gasteiger partial charge on any atom is -0.490 e. The van der Waals surface area contributed by atoms with E-state index in [1.165, 1.54) is 11.8 Å². The van der Waals surface area contributed by atoms with Gasteiger partial charge in [0.25, 0.3) is 0 Å². The Kier molecular flexibility index (Phi) is 7.16. The van der Waals surface area contributed by atoms with E-state index in [1.54, 1.807) is 6.07 Å². The number of nitrogens with zero attached hydrogens (tertiary/aromatic N) is 3. The second-order valence-electron chi connectivity index (χ2n) is 7.21. The van der Waals surface area contributed by atoms with E-state index in [1.807, 2.05) is 60.9 Å². The number of rotatable bonds is 8. The number of thioether (sulfide) groups is 1. The van der Waals surface area contributed by atoms with Gasteiger partial charge in [-0.25, -0.2) is 0 Å². The number of anilines is 1. The molecule has 1 atom stereocenters. The number of nitrogens with one attached hydrogen (secondary N) is 1. The molecule has 1 aliphatic rings. The fourth-order valence-corrected chi connectivity index (χ4v) is 4.14. The molecule has 0 fully saturated rings. The van der Waals surface area contributed by atoms with E-state index in [0.29, 0.717) is 42.1 Å². The van der Waals surface area contributed by atoms with Crippen LogP contribution in [0, 0.1) is 0 Å². The first-order valence-corrected chi connectivity index (χ1v) is 11.6. The van der Waals surface area contributed by atoms with E-state index >= 15 is 0 Å². The summed E-state index contributed by atoms with van der Waals surface area (Å²) in [6.45, 7) is 5.86. The van der Waals surface area contributed by atoms with Crippen LogP contribution in [0.1, 0.15) is 32.2 Å². The first-order valence-electron chi connectivity index (χ1n) is 10.6. The zero-order chi connectivity index (χ0) is 22.3. The molecule has 1 N–H and O–H groups in total. The van der Waals surface area contributed by atoms with Crippen molar-refractivity contribution in [3.63, 3.8) is 0 Å². The topological polar surface area (TPSA) is 87.5 Å². The lowest BCUT2D eigenvalue weighted by Crippen LogP contribution is -2.15. The first-order chi connectivity index (χ1) is 15.6. The van der Waals surface area contributed by atoms with Gasteiger partial charge < -0.3 is 24.1 Å². The molecule has 0 aliphatic carbocycles. The van der Waals surface area contributed by atoms with Crippen LogP contribution in [0.3, 0.4) is 0 Å². The number of ether oxygens (including phenoxy) is 3. The Labute approximate surface area is 191 Å². The molecule has 0 bridgehead atoms. The largest absolute Gasteiger partial charge is 0.490 e. The van der Waals surface area contributed by atoms with Gasteiger partial charge in [0, 0.05) is 24.7 Å². The molecule has 4 rings (SSSR count). The maximum absolute atomic E-state index is 12.5. The smallest absolute Gasteiger partial charge is 0.234 e. The Morgan fingerprint density at radius 3 is 2.72 bits per heavy atom. The van der Waals surface area contributed by atoms with Crippen LogP contribution >= 0.6 is 11.8 Å².